The Morgan fingerprint density at radius 2 is 2.24 bits per heavy atom. The van der Waals surface area contributed by atoms with Crippen LogP contribution < -0.4 is 16.2 Å². The summed E-state index contributed by atoms with van der Waals surface area (Å²) in [5.41, 5.74) is 2.60. The Balaban J connectivity index is 2.34. The summed E-state index contributed by atoms with van der Waals surface area (Å²) in [6, 6.07) is 3.06. The van der Waals surface area contributed by atoms with E-state index >= 15 is 0 Å². The van der Waals surface area contributed by atoms with E-state index in [1.54, 1.807) is 0 Å². The van der Waals surface area contributed by atoms with E-state index < -0.39 is 0 Å². The molecule has 0 aliphatic carbocycles. The summed E-state index contributed by atoms with van der Waals surface area (Å²) >= 11 is 0. The number of nitrogen functional groups attached to an aromatic ring is 1. The van der Waals surface area contributed by atoms with E-state index in [9.17, 15) is 0 Å². The van der Waals surface area contributed by atoms with E-state index in [1.807, 2.05) is 13.0 Å². The van der Waals surface area contributed by atoms with E-state index in [4.69, 9.17) is 5.84 Å². The fraction of sp³-hybridized carbons (Fsp3) is 0.667. The minimum absolute atomic E-state index is 0.542. The minimum atomic E-state index is 0.542. The molecule has 94 valence electrons. The Kier molecular flexibility index (Phi) is 3.47. The van der Waals surface area contributed by atoms with Gasteiger partial charge >= 0.3 is 0 Å². The molecular formula is C12H21N5. The van der Waals surface area contributed by atoms with Crippen molar-refractivity contribution in [3.05, 3.63) is 11.9 Å². The lowest BCUT2D eigenvalue weighted by atomic mass is 10.1. The molecule has 0 aromatic carbocycles. The smallest absolute Gasteiger partial charge is 0.145 e. The van der Waals surface area contributed by atoms with E-state index in [0.29, 0.717) is 17.9 Å². The lowest BCUT2D eigenvalue weighted by Crippen LogP contribution is -2.35. The fourth-order valence-corrected chi connectivity index (χ4v) is 2.64. The van der Waals surface area contributed by atoms with Gasteiger partial charge in [0.05, 0.1) is 0 Å². The highest BCUT2D eigenvalue weighted by Gasteiger charge is 2.30. The van der Waals surface area contributed by atoms with Crippen LogP contribution in [-0.2, 0) is 0 Å². The lowest BCUT2D eigenvalue weighted by Gasteiger charge is -2.29. The average Bonchev–Trinajstić information content (AvgIpc) is 2.69. The lowest BCUT2D eigenvalue weighted by molar-refractivity contribution is 0.619. The largest absolute Gasteiger partial charge is 0.351 e. The van der Waals surface area contributed by atoms with Crippen molar-refractivity contribution in [3.63, 3.8) is 0 Å². The molecule has 3 N–H and O–H groups in total. The van der Waals surface area contributed by atoms with Crippen LogP contribution in [0.25, 0.3) is 0 Å². The van der Waals surface area contributed by atoms with E-state index in [1.165, 1.54) is 12.8 Å². The maximum absolute atomic E-state index is 5.43. The van der Waals surface area contributed by atoms with Crippen molar-refractivity contribution in [2.75, 3.05) is 10.3 Å². The van der Waals surface area contributed by atoms with Crippen LogP contribution in [0.2, 0.25) is 0 Å². The van der Waals surface area contributed by atoms with Gasteiger partial charge in [-0.1, -0.05) is 6.92 Å². The number of nitrogens with two attached hydrogens (primary N) is 1. The summed E-state index contributed by atoms with van der Waals surface area (Å²) in [5.74, 6) is 7.85. The Morgan fingerprint density at radius 3 is 2.88 bits per heavy atom. The van der Waals surface area contributed by atoms with Crippen molar-refractivity contribution >= 4 is 11.6 Å². The number of hydrogen-bond acceptors (Lipinski definition) is 5. The first kappa shape index (κ1) is 12.1. The standard InChI is InChI=1S/C12H21N5/c1-4-10-6-5-8(2)17(10)12-7-11(16-13)14-9(3)15-12/h7-8,10H,4-6,13H2,1-3H3,(H,14,15,16). The molecule has 1 aliphatic rings. The monoisotopic (exact) mass is 235 g/mol. The van der Waals surface area contributed by atoms with Crippen molar-refractivity contribution in [2.24, 2.45) is 5.84 Å². The summed E-state index contributed by atoms with van der Waals surface area (Å²) in [6.07, 6.45) is 3.62. The van der Waals surface area contributed by atoms with Crippen LogP contribution in [0.1, 0.15) is 38.9 Å². The summed E-state index contributed by atoms with van der Waals surface area (Å²) in [5, 5.41) is 0. The van der Waals surface area contributed by atoms with Crippen LogP contribution >= 0.6 is 0 Å². The van der Waals surface area contributed by atoms with Crippen LogP contribution in [0.5, 0.6) is 0 Å². The molecule has 2 atom stereocenters. The SMILES string of the molecule is CCC1CCC(C)N1c1cc(NN)nc(C)n1. The van der Waals surface area contributed by atoms with Crippen LogP contribution in [0.3, 0.4) is 0 Å². The van der Waals surface area contributed by atoms with E-state index in [-0.39, 0.29) is 0 Å². The van der Waals surface area contributed by atoms with Crippen molar-refractivity contribution in [1.29, 1.82) is 0 Å². The summed E-state index contributed by atoms with van der Waals surface area (Å²) < 4.78 is 0. The number of rotatable bonds is 3. The van der Waals surface area contributed by atoms with Gasteiger partial charge in [0.1, 0.15) is 17.5 Å². The molecule has 0 amide bonds. The van der Waals surface area contributed by atoms with Gasteiger partial charge in [-0.15, -0.1) is 0 Å². The number of aryl methyl sites for hydroxylation is 1. The van der Waals surface area contributed by atoms with Gasteiger partial charge in [0, 0.05) is 18.2 Å². The van der Waals surface area contributed by atoms with Crippen molar-refractivity contribution in [3.8, 4) is 0 Å². The molecule has 1 saturated heterocycles. The van der Waals surface area contributed by atoms with Crippen LogP contribution in [0.4, 0.5) is 11.6 Å². The third kappa shape index (κ3) is 2.34. The van der Waals surface area contributed by atoms with Gasteiger partial charge < -0.3 is 10.3 Å². The molecule has 5 nitrogen and oxygen atoms in total. The number of nitrogens with one attached hydrogen (secondary N) is 1. The highest BCUT2D eigenvalue weighted by atomic mass is 15.3. The first-order valence-electron chi connectivity index (χ1n) is 6.26. The number of hydrogen-bond donors (Lipinski definition) is 2. The molecular weight excluding hydrogens is 214 g/mol. The zero-order valence-corrected chi connectivity index (χ0v) is 10.8. The molecule has 2 unspecified atom stereocenters. The Morgan fingerprint density at radius 1 is 1.47 bits per heavy atom. The quantitative estimate of drug-likeness (QED) is 0.618. The van der Waals surface area contributed by atoms with Gasteiger partial charge in [-0.05, 0) is 33.1 Å². The third-order valence-electron chi connectivity index (χ3n) is 3.49. The molecule has 0 radical (unpaired) electrons. The number of aromatic nitrogens is 2. The summed E-state index contributed by atoms with van der Waals surface area (Å²) in [7, 11) is 0. The van der Waals surface area contributed by atoms with E-state index in [0.717, 1.165) is 18.1 Å². The number of anilines is 2. The van der Waals surface area contributed by atoms with Crippen LogP contribution in [0, 0.1) is 6.92 Å². The van der Waals surface area contributed by atoms with Crippen LogP contribution in [0.15, 0.2) is 6.07 Å². The molecule has 0 saturated carbocycles. The first-order chi connectivity index (χ1) is 8.15. The molecule has 2 heterocycles. The molecule has 17 heavy (non-hydrogen) atoms. The van der Waals surface area contributed by atoms with Gasteiger partial charge in [0.15, 0.2) is 0 Å². The van der Waals surface area contributed by atoms with Gasteiger partial charge in [-0.3, -0.25) is 0 Å². The molecule has 0 bridgehead atoms. The van der Waals surface area contributed by atoms with Crippen LogP contribution in [-0.4, -0.2) is 22.1 Å². The Labute approximate surface area is 102 Å². The van der Waals surface area contributed by atoms with E-state index in [2.05, 4.69) is 34.1 Å². The zero-order valence-electron chi connectivity index (χ0n) is 10.8. The molecule has 1 aromatic heterocycles. The highest BCUT2D eigenvalue weighted by Crippen LogP contribution is 2.31. The average molecular weight is 235 g/mol. The third-order valence-corrected chi connectivity index (χ3v) is 3.49. The highest BCUT2D eigenvalue weighted by molar-refractivity contribution is 5.51. The first-order valence-corrected chi connectivity index (χ1v) is 6.26. The Bertz CT molecular complexity index is 392. The van der Waals surface area contributed by atoms with Gasteiger partial charge in [-0.25, -0.2) is 15.8 Å². The normalized spacial score (nSPS) is 24.1. The molecule has 2 rings (SSSR count). The second kappa shape index (κ2) is 4.87. The molecule has 0 spiro atoms. The van der Waals surface area contributed by atoms with Gasteiger partial charge in [-0.2, -0.15) is 0 Å². The zero-order chi connectivity index (χ0) is 12.4. The Hall–Kier alpha value is -1.36. The number of nitrogens with zero attached hydrogens (tertiary/aromatic N) is 3. The van der Waals surface area contributed by atoms with Gasteiger partial charge in [0.25, 0.3) is 0 Å². The molecule has 1 aromatic rings. The minimum Gasteiger partial charge on any atom is -0.351 e. The second-order valence-corrected chi connectivity index (χ2v) is 4.70. The predicted octanol–water partition coefficient (Wildman–Crippen LogP) is 1.84. The molecule has 1 aliphatic heterocycles. The van der Waals surface area contributed by atoms with Crippen molar-refractivity contribution < 1.29 is 0 Å². The molecule has 5 heteroatoms. The van der Waals surface area contributed by atoms with Crippen molar-refractivity contribution in [1.82, 2.24) is 9.97 Å². The topological polar surface area (TPSA) is 67.1 Å². The molecule has 1 fully saturated rings. The number of hydrazine groups is 1. The fourth-order valence-electron chi connectivity index (χ4n) is 2.64. The summed E-state index contributed by atoms with van der Waals surface area (Å²) in [6.45, 7) is 6.38. The summed E-state index contributed by atoms with van der Waals surface area (Å²) in [4.78, 5) is 11.2. The van der Waals surface area contributed by atoms with Crippen molar-refractivity contribution in [2.45, 2.75) is 52.1 Å². The maximum atomic E-state index is 5.43. The second-order valence-electron chi connectivity index (χ2n) is 4.70. The van der Waals surface area contributed by atoms with Gasteiger partial charge in [0.2, 0.25) is 0 Å². The predicted molar refractivity (Wildman–Crippen MR) is 69.8 cm³/mol. The maximum Gasteiger partial charge on any atom is 0.145 e.